The first-order valence-corrected chi connectivity index (χ1v) is 6.91. The van der Waals surface area contributed by atoms with Crippen LogP contribution in [0.1, 0.15) is 45.7 Å². The molecule has 1 N–H and O–H groups in total. The van der Waals surface area contributed by atoms with Crippen molar-refractivity contribution in [1.29, 1.82) is 0 Å². The van der Waals surface area contributed by atoms with Gasteiger partial charge in [0.2, 0.25) is 0 Å². The van der Waals surface area contributed by atoms with Crippen molar-refractivity contribution in [3.8, 4) is 0 Å². The minimum absolute atomic E-state index is 0.627. The summed E-state index contributed by atoms with van der Waals surface area (Å²) in [5.41, 5.74) is 1.21. The molecule has 2 heteroatoms. The molecular formula is C15H26N2. The Labute approximate surface area is 106 Å². The van der Waals surface area contributed by atoms with Gasteiger partial charge in [0.1, 0.15) is 0 Å². The van der Waals surface area contributed by atoms with Gasteiger partial charge in [-0.1, -0.05) is 33.3 Å². The van der Waals surface area contributed by atoms with Crippen LogP contribution in [0.4, 0.5) is 0 Å². The highest BCUT2D eigenvalue weighted by Crippen LogP contribution is 2.13. The summed E-state index contributed by atoms with van der Waals surface area (Å²) in [7, 11) is 0. The largest absolute Gasteiger partial charge is 0.314 e. The average molecular weight is 234 g/mol. The van der Waals surface area contributed by atoms with Gasteiger partial charge in [-0.25, -0.2) is 0 Å². The molecule has 17 heavy (non-hydrogen) atoms. The predicted octanol–water partition coefficient (Wildman–Crippen LogP) is 3.43. The van der Waals surface area contributed by atoms with Crippen molar-refractivity contribution in [1.82, 2.24) is 10.3 Å². The molecule has 0 aliphatic heterocycles. The third kappa shape index (κ3) is 5.31. The number of pyridine rings is 1. The van der Waals surface area contributed by atoms with E-state index in [1.165, 1.54) is 25.0 Å². The molecule has 0 amide bonds. The van der Waals surface area contributed by atoms with Crippen LogP contribution in [0.3, 0.4) is 0 Å². The molecule has 1 aromatic rings. The van der Waals surface area contributed by atoms with E-state index in [1.807, 2.05) is 12.3 Å². The zero-order valence-corrected chi connectivity index (χ0v) is 11.4. The van der Waals surface area contributed by atoms with Gasteiger partial charge in [0.15, 0.2) is 0 Å². The third-order valence-corrected chi connectivity index (χ3v) is 3.42. The number of aromatic nitrogens is 1. The summed E-state index contributed by atoms with van der Waals surface area (Å²) < 4.78 is 0. The molecule has 96 valence electrons. The Morgan fingerprint density at radius 1 is 1.29 bits per heavy atom. The fraction of sp³-hybridized carbons (Fsp3) is 0.667. The zero-order valence-electron chi connectivity index (χ0n) is 11.4. The molecule has 0 saturated carbocycles. The van der Waals surface area contributed by atoms with Gasteiger partial charge >= 0.3 is 0 Å². The molecule has 0 spiro atoms. The van der Waals surface area contributed by atoms with E-state index in [0.717, 1.165) is 18.9 Å². The normalized spacial score (nSPS) is 14.5. The van der Waals surface area contributed by atoms with E-state index < -0.39 is 0 Å². The maximum absolute atomic E-state index is 4.39. The lowest BCUT2D eigenvalue weighted by Crippen LogP contribution is -2.35. The number of rotatable bonds is 8. The smallest absolute Gasteiger partial charge is 0.0404 e. The first-order chi connectivity index (χ1) is 8.27. The molecule has 1 aromatic heterocycles. The zero-order chi connectivity index (χ0) is 12.5. The molecule has 0 bridgehead atoms. The van der Waals surface area contributed by atoms with Gasteiger partial charge in [0.25, 0.3) is 0 Å². The molecule has 0 aromatic carbocycles. The van der Waals surface area contributed by atoms with Crippen LogP contribution >= 0.6 is 0 Å². The van der Waals surface area contributed by atoms with Crippen molar-refractivity contribution in [2.45, 2.75) is 52.5 Å². The topological polar surface area (TPSA) is 24.9 Å². The second-order valence-corrected chi connectivity index (χ2v) is 4.81. The Morgan fingerprint density at radius 3 is 2.71 bits per heavy atom. The Bertz CT molecular complexity index is 284. The van der Waals surface area contributed by atoms with Crippen molar-refractivity contribution < 1.29 is 0 Å². The summed E-state index contributed by atoms with van der Waals surface area (Å²) in [4.78, 5) is 4.39. The van der Waals surface area contributed by atoms with Crippen LogP contribution in [0.15, 0.2) is 24.4 Å². The second kappa shape index (κ2) is 8.24. The SMILES string of the molecule is CCCNC(CCc1ccccn1)C(C)CC. The summed E-state index contributed by atoms with van der Waals surface area (Å²) in [6, 6.07) is 6.79. The lowest BCUT2D eigenvalue weighted by atomic mass is 9.94. The van der Waals surface area contributed by atoms with Crippen molar-refractivity contribution >= 4 is 0 Å². The van der Waals surface area contributed by atoms with Gasteiger partial charge in [0.05, 0.1) is 0 Å². The lowest BCUT2D eigenvalue weighted by molar-refractivity contribution is 0.348. The van der Waals surface area contributed by atoms with Crippen molar-refractivity contribution in [3.63, 3.8) is 0 Å². The minimum Gasteiger partial charge on any atom is -0.314 e. The Morgan fingerprint density at radius 2 is 2.12 bits per heavy atom. The Hall–Kier alpha value is -0.890. The summed E-state index contributed by atoms with van der Waals surface area (Å²) in [5, 5.41) is 3.66. The van der Waals surface area contributed by atoms with Crippen LogP contribution in [-0.4, -0.2) is 17.6 Å². The third-order valence-electron chi connectivity index (χ3n) is 3.42. The second-order valence-electron chi connectivity index (χ2n) is 4.81. The van der Waals surface area contributed by atoms with Crippen LogP contribution in [-0.2, 0) is 6.42 Å². The van der Waals surface area contributed by atoms with Crippen LogP contribution in [0.25, 0.3) is 0 Å². The van der Waals surface area contributed by atoms with Gasteiger partial charge < -0.3 is 5.32 Å². The molecule has 0 fully saturated rings. The number of aryl methyl sites for hydroxylation is 1. The molecule has 2 atom stereocenters. The summed E-state index contributed by atoms with van der Waals surface area (Å²) in [6.45, 7) is 7.95. The maximum Gasteiger partial charge on any atom is 0.0404 e. The Balaban J connectivity index is 2.43. The summed E-state index contributed by atoms with van der Waals surface area (Å²) in [6.07, 6.45) is 6.59. The monoisotopic (exact) mass is 234 g/mol. The quantitative estimate of drug-likeness (QED) is 0.745. The molecule has 0 aliphatic carbocycles. The maximum atomic E-state index is 4.39. The van der Waals surface area contributed by atoms with Crippen LogP contribution in [0.2, 0.25) is 0 Å². The molecule has 0 saturated heterocycles. The molecule has 0 aliphatic rings. The number of nitrogens with zero attached hydrogens (tertiary/aromatic N) is 1. The van der Waals surface area contributed by atoms with E-state index in [1.54, 1.807) is 0 Å². The van der Waals surface area contributed by atoms with Crippen molar-refractivity contribution in [2.75, 3.05) is 6.54 Å². The molecular weight excluding hydrogens is 208 g/mol. The number of nitrogens with one attached hydrogen (secondary N) is 1. The van der Waals surface area contributed by atoms with Gasteiger partial charge in [0, 0.05) is 17.9 Å². The van der Waals surface area contributed by atoms with E-state index in [2.05, 4.69) is 43.2 Å². The molecule has 2 unspecified atom stereocenters. The summed E-state index contributed by atoms with van der Waals surface area (Å²) in [5.74, 6) is 0.741. The van der Waals surface area contributed by atoms with Crippen LogP contribution in [0.5, 0.6) is 0 Å². The first kappa shape index (κ1) is 14.2. The van der Waals surface area contributed by atoms with E-state index in [0.29, 0.717) is 6.04 Å². The standard InChI is InChI=1S/C15H26N2/c1-4-11-17-15(13(3)5-2)10-9-14-8-6-7-12-16-14/h6-8,12-13,15,17H,4-5,9-11H2,1-3H3. The van der Waals surface area contributed by atoms with Crippen LogP contribution < -0.4 is 5.32 Å². The first-order valence-electron chi connectivity index (χ1n) is 6.91. The fourth-order valence-corrected chi connectivity index (χ4v) is 2.05. The van der Waals surface area contributed by atoms with Crippen molar-refractivity contribution in [3.05, 3.63) is 30.1 Å². The number of hydrogen-bond donors (Lipinski definition) is 1. The molecule has 0 radical (unpaired) electrons. The van der Waals surface area contributed by atoms with Gasteiger partial charge in [-0.3, -0.25) is 4.98 Å². The average Bonchev–Trinajstić information content (AvgIpc) is 2.39. The molecule has 1 heterocycles. The fourth-order valence-electron chi connectivity index (χ4n) is 2.05. The highest BCUT2D eigenvalue weighted by atomic mass is 14.9. The highest BCUT2D eigenvalue weighted by molar-refractivity contribution is 5.03. The van der Waals surface area contributed by atoms with Gasteiger partial charge in [-0.15, -0.1) is 0 Å². The van der Waals surface area contributed by atoms with E-state index in [4.69, 9.17) is 0 Å². The molecule has 2 nitrogen and oxygen atoms in total. The van der Waals surface area contributed by atoms with E-state index in [-0.39, 0.29) is 0 Å². The lowest BCUT2D eigenvalue weighted by Gasteiger charge is -2.24. The van der Waals surface area contributed by atoms with E-state index in [9.17, 15) is 0 Å². The highest BCUT2D eigenvalue weighted by Gasteiger charge is 2.14. The summed E-state index contributed by atoms with van der Waals surface area (Å²) >= 11 is 0. The minimum atomic E-state index is 0.627. The number of hydrogen-bond acceptors (Lipinski definition) is 2. The Kier molecular flexibility index (Phi) is 6.87. The van der Waals surface area contributed by atoms with Crippen molar-refractivity contribution in [2.24, 2.45) is 5.92 Å². The van der Waals surface area contributed by atoms with Gasteiger partial charge in [-0.05, 0) is 43.9 Å². The predicted molar refractivity (Wildman–Crippen MR) is 74.1 cm³/mol. The van der Waals surface area contributed by atoms with Gasteiger partial charge in [-0.2, -0.15) is 0 Å². The molecule has 1 rings (SSSR count). The van der Waals surface area contributed by atoms with E-state index >= 15 is 0 Å². The van der Waals surface area contributed by atoms with Crippen LogP contribution in [0, 0.1) is 5.92 Å².